The Morgan fingerprint density at radius 3 is 2.83 bits per heavy atom. The van der Waals surface area contributed by atoms with Crippen LogP contribution < -0.4 is 10.6 Å². The predicted molar refractivity (Wildman–Crippen MR) is 136 cm³/mol. The average Bonchev–Trinajstić information content (AvgIpc) is 3.56. The lowest BCUT2D eigenvalue weighted by Gasteiger charge is -2.21. The highest BCUT2D eigenvalue weighted by atomic mass is 16.3. The molecule has 1 aliphatic heterocycles. The first-order valence-electron chi connectivity index (χ1n) is 12.1. The van der Waals surface area contributed by atoms with Crippen LogP contribution in [0.25, 0.3) is 11.3 Å². The minimum absolute atomic E-state index is 0.00428. The van der Waals surface area contributed by atoms with E-state index in [2.05, 4.69) is 31.8 Å². The third-order valence-corrected chi connectivity index (χ3v) is 6.96. The number of aliphatic hydroxyl groups excluding tert-OH is 1. The van der Waals surface area contributed by atoms with Gasteiger partial charge < -0.3 is 20.6 Å². The van der Waals surface area contributed by atoms with Crippen molar-refractivity contribution in [2.75, 3.05) is 30.8 Å². The molecule has 1 fully saturated rings. The van der Waals surface area contributed by atoms with Crippen LogP contribution in [0.5, 0.6) is 0 Å². The summed E-state index contributed by atoms with van der Waals surface area (Å²) in [6, 6.07) is 9.83. The minimum atomic E-state index is -0.481. The zero-order chi connectivity index (χ0) is 25.6. The fraction of sp³-hybridized carbons (Fsp3) is 0.423. The van der Waals surface area contributed by atoms with Crippen LogP contribution in [0.15, 0.2) is 30.5 Å². The molecule has 0 bridgehead atoms. The topological polar surface area (TPSA) is 132 Å². The van der Waals surface area contributed by atoms with E-state index in [1.165, 1.54) is 0 Å². The van der Waals surface area contributed by atoms with Crippen molar-refractivity contribution in [1.82, 2.24) is 24.6 Å². The van der Waals surface area contributed by atoms with Gasteiger partial charge in [-0.15, -0.1) is 0 Å². The molecule has 186 valence electrons. The van der Waals surface area contributed by atoms with Crippen molar-refractivity contribution in [2.24, 2.45) is 0 Å². The van der Waals surface area contributed by atoms with E-state index in [4.69, 9.17) is 0 Å². The van der Waals surface area contributed by atoms with Crippen LogP contribution in [0, 0.1) is 11.3 Å². The third-order valence-electron chi connectivity index (χ3n) is 6.96. The Morgan fingerprint density at radius 2 is 2.17 bits per heavy atom. The molecule has 10 nitrogen and oxygen atoms in total. The smallest absolute Gasteiger partial charge is 0.272 e. The Kier molecular flexibility index (Phi) is 5.88. The molecule has 2 aromatic heterocycles. The number of hydrogen-bond acceptors (Lipinski definition) is 8. The zero-order valence-corrected chi connectivity index (χ0v) is 20.9. The zero-order valence-electron chi connectivity index (χ0n) is 20.9. The molecule has 1 aromatic carbocycles. The number of anilines is 3. The van der Waals surface area contributed by atoms with Crippen LogP contribution in [-0.2, 0) is 5.41 Å². The van der Waals surface area contributed by atoms with Gasteiger partial charge >= 0.3 is 0 Å². The highest BCUT2D eigenvalue weighted by Crippen LogP contribution is 2.41. The quantitative estimate of drug-likeness (QED) is 0.463. The van der Waals surface area contributed by atoms with Crippen molar-refractivity contribution in [3.8, 4) is 17.3 Å². The Morgan fingerprint density at radius 1 is 1.39 bits per heavy atom. The molecule has 3 aromatic rings. The van der Waals surface area contributed by atoms with Gasteiger partial charge in [0, 0.05) is 48.9 Å². The van der Waals surface area contributed by atoms with Crippen molar-refractivity contribution < 1.29 is 9.90 Å². The predicted octanol–water partition coefficient (Wildman–Crippen LogP) is 3.45. The molecule has 3 heterocycles. The van der Waals surface area contributed by atoms with Crippen molar-refractivity contribution in [3.63, 3.8) is 0 Å². The van der Waals surface area contributed by atoms with Crippen LogP contribution in [0.3, 0.4) is 0 Å². The Labute approximate surface area is 210 Å². The van der Waals surface area contributed by atoms with E-state index < -0.39 is 5.41 Å². The summed E-state index contributed by atoms with van der Waals surface area (Å²) >= 11 is 0. The molecular weight excluding hydrogens is 456 g/mol. The summed E-state index contributed by atoms with van der Waals surface area (Å²) in [4.78, 5) is 23.8. The largest absolute Gasteiger partial charge is 0.395 e. The molecule has 0 saturated heterocycles. The molecule has 10 heteroatoms. The molecular formula is C26H30N8O2. The van der Waals surface area contributed by atoms with Crippen molar-refractivity contribution in [1.29, 1.82) is 5.26 Å². The maximum absolute atomic E-state index is 13.0. The number of carbonyl (C=O) groups excluding carboxylic acids is 1. The van der Waals surface area contributed by atoms with Crippen molar-refractivity contribution >= 4 is 23.4 Å². The first-order valence-corrected chi connectivity index (χ1v) is 12.1. The first kappa shape index (κ1) is 23.8. The normalized spacial score (nSPS) is 18.5. The Hall–Kier alpha value is -3.97. The summed E-state index contributed by atoms with van der Waals surface area (Å²) in [5, 5.41) is 30.7. The van der Waals surface area contributed by atoms with Crippen LogP contribution in [-0.4, -0.2) is 61.9 Å². The maximum Gasteiger partial charge on any atom is 0.272 e. The van der Waals surface area contributed by atoms with Gasteiger partial charge in [0.2, 0.25) is 5.95 Å². The van der Waals surface area contributed by atoms with Crippen LogP contribution in [0.4, 0.5) is 17.5 Å². The van der Waals surface area contributed by atoms with Gasteiger partial charge in [0.1, 0.15) is 11.8 Å². The third kappa shape index (κ3) is 4.16. The molecule has 36 heavy (non-hydrogen) atoms. The number of nitrogens with one attached hydrogen (secondary N) is 2. The number of carbonyl (C=O) groups is 1. The van der Waals surface area contributed by atoms with Crippen LogP contribution in [0.2, 0.25) is 0 Å². The summed E-state index contributed by atoms with van der Waals surface area (Å²) in [5.41, 5.74) is 3.59. The van der Waals surface area contributed by atoms with Crippen molar-refractivity contribution in [2.45, 2.75) is 51.1 Å². The molecule has 0 unspecified atom stereocenters. The number of aromatic nitrogens is 4. The summed E-state index contributed by atoms with van der Waals surface area (Å²) in [7, 11) is 1.83. The highest BCUT2D eigenvalue weighted by molar-refractivity contribution is 5.94. The fourth-order valence-corrected chi connectivity index (χ4v) is 4.58. The van der Waals surface area contributed by atoms with Gasteiger partial charge in [-0.3, -0.25) is 9.48 Å². The Balaban J connectivity index is 1.46. The SMILES string of the molecule is CC(C)n1nc(Nc2nccc(-c3cc(C#N)c4c(c3)[C@@](C)(CO)CN4)n2)cc1C(=O)N(C)C1CC1. The Bertz CT molecular complexity index is 1370. The second-order valence-electron chi connectivity index (χ2n) is 10.1. The lowest BCUT2D eigenvalue weighted by Crippen LogP contribution is -2.31. The molecule has 3 N–H and O–H groups in total. The number of hydrogen-bond donors (Lipinski definition) is 3. The maximum atomic E-state index is 13.0. The van der Waals surface area contributed by atoms with E-state index in [-0.39, 0.29) is 18.6 Å². The summed E-state index contributed by atoms with van der Waals surface area (Å²) in [6.45, 7) is 6.46. The van der Waals surface area contributed by atoms with Crippen LogP contribution in [0.1, 0.15) is 61.3 Å². The number of fused-ring (bicyclic) bond motifs is 1. The first-order chi connectivity index (χ1) is 17.2. The lowest BCUT2D eigenvalue weighted by molar-refractivity contribution is 0.0770. The lowest BCUT2D eigenvalue weighted by atomic mass is 9.83. The van der Waals surface area contributed by atoms with E-state index in [0.717, 1.165) is 29.7 Å². The van der Waals surface area contributed by atoms with E-state index in [1.54, 1.807) is 34.0 Å². The van der Waals surface area contributed by atoms with E-state index in [0.29, 0.717) is 41.3 Å². The van der Waals surface area contributed by atoms with E-state index in [1.807, 2.05) is 33.9 Å². The fourth-order valence-electron chi connectivity index (χ4n) is 4.58. The number of nitriles is 1. The standard InChI is InChI=1S/C26H30N8O2/c1-15(2)34-21(24(36)33(4)18-5-6-18)11-22(32-34)31-25-28-8-7-20(30-25)16-9-17(12-27)23-19(10-16)26(3,14-35)13-29-23/h7-11,15,18,29,35H,5-6,13-14H2,1-4H3,(H,28,30,31,32)/t26-/m1/s1. The van der Waals surface area contributed by atoms with E-state index in [9.17, 15) is 15.2 Å². The molecule has 1 atom stereocenters. The molecule has 1 saturated carbocycles. The molecule has 1 aliphatic carbocycles. The van der Waals surface area contributed by atoms with Gasteiger partial charge in [-0.1, -0.05) is 6.92 Å². The van der Waals surface area contributed by atoms with Gasteiger partial charge in [0.05, 0.1) is 23.6 Å². The second-order valence-corrected chi connectivity index (χ2v) is 10.1. The summed E-state index contributed by atoms with van der Waals surface area (Å²) in [6.07, 6.45) is 3.71. The molecule has 5 rings (SSSR count). The van der Waals surface area contributed by atoms with Gasteiger partial charge in [-0.2, -0.15) is 10.4 Å². The molecule has 1 amide bonds. The molecule has 2 aliphatic rings. The summed E-state index contributed by atoms with van der Waals surface area (Å²) < 4.78 is 1.72. The monoisotopic (exact) mass is 486 g/mol. The van der Waals surface area contributed by atoms with E-state index >= 15 is 0 Å². The number of nitrogens with zero attached hydrogens (tertiary/aromatic N) is 6. The number of benzene rings is 1. The van der Waals surface area contributed by atoms with Crippen molar-refractivity contribution in [3.05, 3.63) is 47.3 Å². The molecule has 0 spiro atoms. The number of rotatable bonds is 7. The number of amides is 1. The second kappa shape index (κ2) is 8.91. The summed E-state index contributed by atoms with van der Waals surface area (Å²) in [5.74, 6) is 0.763. The molecule has 0 radical (unpaired) electrons. The van der Waals surface area contributed by atoms with Gasteiger partial charge in [-0.25, -0.2) is 9.97 Å². The minimum Gasteiger partial charge on any atom is -0.395 e. The average molecular weight is 487 g/mol. The highest BCUT2D eigenvalue weighted by Gasteiger charge is 2.36. The van der Waals surface area contributed by atoms with Gasteiger partial charge in [0.25, 0.3) is 5.91 Å². The van der Waals surface area contributed by atoms with Crippen LogP contribution >= 0.6 is 0 Å². The number of aliphatic hydroxyl groups is 1. The van der Waals surface area contributed by atoms with Gasteiger partial charge in [-0.05, 0) is 50.5 Å². The van der Waals surface area contributed by atoms with Gasteiger partial charge in [0.15, 0.2) is 5.82 Å².